The maximum Gasteiger partial charge on any atom is 0.276 e. The Labute approximate surface area is 185 Å². The summed E-state index contributed by atoms with van der Waals surface area (Å²) in [6, 6.07) is 7.72. The molecule has 168 valence electrons. The second kappa shape index (κ2) is 9.33. The van der Waals surface area contributed by atoms with Crippen LogP contribution in [0.15, 0.2) is 30.3 Å². The van der Waals surface area contributed by atoms with E-state index in [1.807, 2.05) is 18.7 Å². The lowest BCUT2D eigenvalue weighted by Crippen LogP contribution is -2.38. The van der Waals surface area contributed by atoms with E-state index in [2.05, 4.69) is 25.7 Å². The second-order valence-corrected chi connectivity index (χ2v) is 8.21. The molecule has 0 saturated carbocycles. The lowest BCUT2D eigenvalue weighted by molar-refractivity contribution is -0.132. The second-order valence-electron chi connectivity index (χ2n) is 8.21. The van der Waals surface area contributed by atoms with Crippen molar-refractivity contribution >= 4 is 17.5 Å². The number of halogens is 1. The Morgan fingerprint density at radius 1 is 1.16 bits per heavy atom. The number of aromatic amines is 2. The van der Waals surface area contributed by atoms with Gasteiger partial charge in [-0.25, -0.2) is 4.39 Å². The molecule has 1 fully saturated rings. The molecule has 9 heteroatoms. The summed E-state index contributed by atoms with van der Waals surface area (Å²) in [6.07, 6.45) is 2.75. The van der Waals surface area contributed by atoms with Crippen LogP contribution >= 0.6 is 0 Å². The molecule has 1 aliphatic heterocycles. The average molecular weight is 439 g/mol. The number of hydrogen-bond acceptors (Lipinski definition) is 4. The molecule has 3 N–H and O–H groups in total. The zero-order valence-electron chi connectivity index (χ0n) is 18.2. The van der Waals surface area contributed by atoms with Gasteiger partial charge in [0.05, 0.1) is 11.4 Å². The first-order valence-corrected chi connectivity index (χ1v) is 10.8. The summed E-state index contributed by atoms with van der Waals surface area (Å²) in [6.45, 7) is 5.26. The van der Waals surface area contributed by atoms with Crippen molar-refractivity contribution in [2.45, 2.75) is 45.4 Å². The van der Waals surface area contributed by atoms with E-state index in [9.17, 15) is 14.0 Å². The Morgan fingerprint density at radius 3 is 2.59 bits per heavy atom. The summed E-state index contributed by atoms with van der Waals surface area (Å²) >= 11 is 0. The van der Waals surface area contributed by atoms with Gasteiger partial charge in [-0.3, -0.25) is 19.8 Å². The van der Waals surface area contributed by atoms with Gasteiger partial charge in [-0.05, 0) is 56.9 Å². The smallest absolute Gasteiger partial charge is 0.276 e. The van der Waals surface area contributed by atoms with Gasteiger partial charge < -0.3 is 10.2 Å². The van der Waals surface area contributed by atoms with Crippen molar-refractivity contribution in [1.82, 2.24) is 25.3 Å². The molecule has 2 aromatic heterocycles. The number of rotatable bonds is 6. The van der Waals surface area contributed by atoms with Crippen molar-refractivity contribution in [2.75, 3.05) is 18.4 Å². The fraction of sp³-hybridized carbons (Fsp3) is 0.391. The fourth-order valence-corrected chi connectivity index (χ4v) is 4.18. The molecule has 8 nitrogen and oxygen atoms in total. The largest absolute Gasteiger partial charge is 0.343 e. The van der Waals surface area contributed by atoms with E-state index in [0.29, 0.717) is 25.9 Å². The molecular weight excluding hydrogens is 411 g/mol. The molecule has 4 rings (SSSR count). The Balaban J connectivity index is 1.29. The topological polar surface area (TPSA) is 107 Å². The first-order chi connectivity index (χ1) is 15.4. The Hall–Kier alpha value is -3.49. The third kappa shape index (κ3) is 4.71. The predicted molar refractivity (Wildman–Crippen MR) is 118 cm³/mol. The monoisotopic (exact) mass is 438 g/mol. The fourth-order valence-electron chi connectivity index (χ4n) is 4.18. The summed E-state index contributed by atoms with van der Waals surface area (Å²) in [5.41, 5.74) is 4.28. The van der Waals surface area contributed by atoms with E-state index in [4.69, 9.17) is 0 Å². The Bertz CT molecular complexity index is 1090. The third-order valence-corrected chi connectivity index (χ3v) is 6.11. The summed E-state index contributed by atoms with van der Waals surface area (Å²) in [5.74, 6) is -0.611. The van der Waals surface area contributed by atoms with Gasteiger partial charge in [-0.2, -0.15) is 10.2 Å². The molecular formula is C23H27FN6O2. The first kappa shape index (κ1) is 21.7. The maximum absolute atomic E-state index is 13.8. The standard InChI is InChI=1S/C23H27FN6O2/c1-14-17(15(2)27-26-14)7-8-22(31)30-11-9-16(10-12-30)20-13-21(29-28-20)23(32)25-19-6-4-3-5-18(19)24/h3-6,13,16H,7-12H2,1-2H3,(H,25,32)(H,26,27)(H,28,29). The van der Waals surface area contributed by atoms with Crippen LogP contribution in [-0.4, -0.2) is 50.2 Å². The van der Waals surface area contributed by atoms with E-state index in [0.717, 1.165) is 35.5 Å². The molecule has 3 aromatic rings. The SMILES string of the molecule is Cc1n[nH]c(C)c1CCC(=O)N1CCC(c2cc(C(=O)Nc3ccccc3F)n[nH]2)CC1. The van der Waals surface area contributed by atoms with Crippen LogP contribution in [0.4, 0.5) is 10.1 Å². The van der Waals surface area contributed by atoms with Crippen molar-refractivity contribution in [3.63, 3.8) is 0 Å². The number of nitrogens with one attached hydrogen (secondary N) is 3. The number of carbonyl (C=O) groups is 2. The van der Waals surface area contributed by atoms with E-state index in [1.54, 1.807) is 18.2 Å². The van der Waals surface area contributed by atoms with Gasteiger partial charge in [0.15, 0.2) is 5.69 Å². The first-order valence-electron chi connectivity index (χ1n) is 10.8. The number of hydrogen-bond donors (Lipinski definition) is 3. The molecule has 1 aromatic carbocycles. The minimum absolute atomic E-state index is 0.120. The number of para-hydroxylation sites is 1. The normalized spacial score (nSPS) is 14.5. The number of likely N-dealkylation sites (tertiary alicyclic amines) is 1. The number of piperidine rings is 1. The molecule has 0 unspecified atom stereocenters. The molecule has 1 saturated heterocycles. The number of H-pyrrole nitrogens is 2. The minimum atomic E-state index is -0.494. The molecule has 1 aliphatic rings. The molecule has 0 spiro atoms. The van der Waals surface area contributed by atoms with Gasteiger partial charge in [-0.15, -0.1) is 0 Å². The number of carbonyl (C=O) groups excluding carboxylic acids is 2. The number of aryl methyl sites for hydroxylation is 2. The lowest BCUT2D eigenvalue weighted by Gasteiger charge is -2.31. The van der Waals surface area contributed by atoms with Crippen molar-refractivity contribution in [1.29, 1.82) is 0 Å². The number of benzene rings is 1. The highest BCUT2D eigenvalue weighted by Gasteiger charge is 2.26. The van der Waals surface area contributed by atoms with E-state index in [-0.39, 0.29) is 23.2 Å². The lowest BCUT2D eigenvalue weighted by atomic mass is 9.93. The highest BCUT2D eigenvalue weighted by Crippen LogP contribution is 2.28. The van der Waals surface area contributed by atoms with E-state index < -0.39 is 11.7 Å². The molecule has 0 radical (unpaired) electrons. The zero-order valence-corrected chi connectivity index (χ0v) is 18.2. The van der Waals surface area contributed by atoms with Gasteiger partial charge in [0.1, 0.15) is 5.82 Å². The molecule has 2 amide bonds. The van der Waals surface area contributed by atoms with Crippen LogP contribution in [0.2, 0.25) is 0 Å². The highest BCUT2D eigenvalue weighted by molar-refractivity contribution is 6.03. The van der Waals surface area contributed by atoms with Gasteiger partial charge in [-0.1, -0.05) is 12.1 Å². The number of nitrogens with zero attached hydrogens (tertiary/aromatic N) is 3. The predicted octanol–water partition coefficient (Wildman–Crippen LogP) is 3.48. The maximum atomic E-state index is 13.8. The van der Waals surface area contributed by atoms with Crippen LogP contribution < -0.4 is 5.32 Å². The van der Waals surface area contributed by atoms with Crippen LogP contribution in [-0.2, 0) is 11.2 Å². The zero-order chi connectivity index (χ0) is 22.7. The number of amides is 2. The molecule has 3 heterocycles. The van der Waals surface area contributed by atoms with Gasteiger partial charge in [0.25, 0.3) is 5.91 Å². The van der Waals surface area contributed by atoms with Crippen molar-refractivity contribution < 1.29 is 14.0 Å². The molecule has 0 atom stereocenters. The van der Waals surface area contributed by atoms with Gasteiger partial charge in [0.2, 0.25) is 5.91 Å². The van der Waals surface area contributed by atoms with Crippen LogP contribution in [0.3, 0.4) is 0 Å². The van der Waals surface area contributed by atoms with Crippen molar-refractivity contribution in [2.24, 2.45) is 0 Å². The van der Waals surface area contributed by atoms with Crippen LogP contribution in [0.1, 0.15) is 58.3 Å². The Kier molecular flexibility index (Phi) is 6.34. The molecule has 0 aliphatic carbocycles. The van der Waals surface area contributed by atoms with Gasteiger partial charge >= 0.3 is 0 Å². The quantitative estimate of drug-likeness (QED) is 0.548. The number of aromatic nitrogens is 4. The van der Waals surface area contributed by atoms with Crippen LogP contribution in [0.5, 0.6) is 0 Å². The summed E-state index contributed by atoms with van der Waals surface area (Å²) in [7, 11) is 0. The summed E-state index contributed by atoms with van der Waals surface area (Å²) < 4.78 is 13.8. The molecule has 0 bridgehead atoms. The van der Waals surface area contributed by atoms with Crippen molar-refractivity contribution in [3.8, 4) is 0 Å². The Morgan fingerprint density at radius 2 is 1.91 bits per heavy atom. The summed E-state index contributed by atoms with van der Waals surface area (Å²) in [5, 5.41) is 16.7. The van der Waals surface area contributed by atoms with E-state index >= 15 is 0 Å². The molecule has 32 heavy (non-hydrogen) atoms. The van der Waals surface area contributed by atoms with Gasteiger partial charge in [0, 0.05) is 36.8 Å². The average Bonchev–Trinajstić information content (AvgIpc) is 3.41. The summed E-state index contributed by atoms with van der Waals surface area (Å²) in [4.78, 5) is 27.0. The number of anilines is 1. The third-order valence-electron chi connectivity index (χ3n) is 6.11. The van der Waals surface area contributed by atoms with Crippen LogP contribution in [0.25, 0.3) is 0 Å². The van der Waals surface area contributed by atoms with Crippen LogP contribution in [0, 0.1) is 19.7 Å². The highest BCUT2D eigenvalue weighted by atomic mass is 19.1. The van der Waals surface area contributed by atoms with Crippen molar-refractivity contribution in [3.05, 3.63) is 64.5 Å². The van der Waals surface area contributed by atoms with E-state index in [1.165, 1.54) is 12.1 Å². The minimum Gasteiger partial charge on any atom is -0.343 e.